The van der Waals surface area contributed by atoms with Crippen LogP contribution >= 0.6 is 11.3 Å². The lowest BCUT2D eigenvalue weighted by atomic mass is 9.94. The molecule has 13 heteroatoms. The summed E-state index contributed by atoms with van der Waals surface area (Å²) in [6, 6.07) is 2.18. The number of benzene rings is 1. The van der Waals surface area contributed by atoms with Crippen molar-refractivity contribution < 1.29 is 32.3 Å². The Kier molecular flexibility index (Phi) is 8.36. The van der Waals surface area contributed by atoms with Crippen LogP contribution in [0.3, 0.4) is 0 Å². The van der Waals surface area contributed by atoms with E-state index in [1.54, 1.807) is 19.9 Å². The number of fused-ring (bicyclic) bond motifs is 2. The van der Waals surface area contributed by atoms with Gasteiger partial charge in [0.15, 0.2) is 5.01 Å². The monoisotopic (exact) mass is 621 g/mol. The maximum atomic E-state index is 14.1. The summed E-state index contributed by atoms with van der Waals surface area (Å²) in [5.74, 6) is -2.89. The molecule has 7 atom stereocenters. The van der Waals surface area contributed by atoms with Gasteiger partial charge in [-0.05, 0) is 55.1 Å². The molecule has 0 spiro atoms. The van der Waals surface area contributed by atoms with Gasteiger partial charge >= 0.3 is 6.18 Å². The van der Waals surface area contributed by atoms with Crippen molar-refractivity contribution in [2.24, 2.45) is 29.1 Å². The normalized spacial score (nSPS) is 26.6. The largest absolute Gasteiger partial charge is 0.403 e. The Morgan fingerprint density at radius 3 is 2.49 bits per heavy atom. The highest BCUT2D eigenvalue weighted by Gasteiger charge is 2.69. The van der Waals surface area contributed by atoms with E-state index in [2.05, 4.69) is 20.9 Å². The van der Waals surface area contributed by atoms with Crippen LogP contribution in [-0.2, 0) is 14.4 Å². The zero-order valence-electron chi connectivity index (χ0n) is 24.8. The lowest BCUT2D eigenvalue weighted by molar-refractivity contribution is -0.158. The van der Waals surface area contributed by atoms with Crippen LogP contribution in [0, 0.1) is 29.1 Å². The Balaban J connectivity index is 1.41. The van der Waals surface area contributed by atoms with Gasteiger partial charge in [0.1, 0.15) is 12.1 Å². The van der Waals surface area contributed by atoms with Crippen molar-refractivity contribution in [2.75, 3.05) is 13.1 Å². The molecule has 9 nitrogen and oxygen atoms in total. The summed E-state index contributed by atoms with van der Waals surface area (Å²) >= 11 is 1.20. The van der Waals surface area contributed by atoms with E-state index >= 15 is 0 Å². The molecule has 3 N–H and O–H groups in total. The summed E-state index contributed by atoms with van der Waals surface area (Å²) in [4.78, 5) is 60.0. The van der Waals surface area contributed by atoms with Crippen LogP contribution in [0.4, 0.5) is 13.2 Å². The number of likely N-dealkylation sites (tertiary alicyclic amines) is 1. The fraction of sp³-hybridized carbons (Fsp3) is 0.633. The van der Waals surface area contributed by atoms with Gasteiger partial charge in [0, 0.05) is 19.0 Å². The van der Waals surface area contributed by atoms with Crippen molar-refractivity contribution in [3.05, 3.63) is 29.3 Å². The number of thiazole rings is 1. The number of hydrogen-bond donors (Lipinski definition) is 3. The smallest absolute Gasteiger partial charge is 0.356 e. The van der Waals surface area contributed by atoms with Crippen LogP contribution in [-0.4, -0.2) is 76.8 Å². The SMILES string of the molecule is CC(C)[C@H](N[C@@H](C)C(F)(F)F)C(=O)N1CC2C(C1C(=O)N[C@@H](C[C@@H]1CCNC1=O)C(=O)c1nc3ccccc3s1)C2(C)C. The first-order chi connectivity index (χ1) is 20.1. The fourth-order valence-electron chi connectivity index (χ4n) is 6.67. The zero-order valence-corrected chi connectivity index (χ0v) is 25.6. The number of amides is 3. The van der Waals surface area contributed by atoms with Gasteiger partial charge in [-0.2, -0.15) is 13.2 Å². The lowest BCUT2D eigenvalue weighted by Crippen LogP contribution is -2.60. The molecule has 5 rings (SSSR count). The Bertz CT molecular complexity index is 1390. The second-order valence-electron chi connectivity index (χ2n) is 13.0. The Hall–Kier alpha value is -3.06. The molecular weight excluding hydrogens is 583 g/mol. The standard InChI is InChI=1S/C30H38F3N5O4S/c1-14(2)22(35-15(3)30(31,32)33)28(42)38-13-17-21(29(17,4)5)23(38)26(41)36-19(12-16-10-11-34-25(16)40)24(39)27-37-18-8-6-7-9-20(18)43-27/h6-9,14-17,19,21-23,35H,10-13H2,1-5H3,(H,34,40)(H,36,41)/t15-,16-,17?,19-,21?,22-,23?/m0/s1. The van der Waals surface area contributed by atoms with Crippen molar-refractivity contribution in [2.45, 2.75) is 77.8 Å². The van der Waals surface area contributed by atoms with E-state index in [-0.39, 0.29) is 41.1 Å². The van der Waals surface area contributed by atoms with Gasteiger partial charge in [-0.3, -0.25) is 24.5 Å². The molecule has 3 heterocycles. The molecule has 1 aromatic carbocycles. The van der Waals surface area contributed by atoms with Crippen molar-refractivity contribution in [1.82, 2.24) is 25.8 Å². The van der Waals surface area contributed by atoms with Gasteiger partial charge in [-0.15, -0.1) is 11.3 Å². The topological polar surface area (TPSA) is 120 Å². The molecule has 1 aromatic heterocycles. The van der Waals surface area contributed by atoms with Crippen LogP contribution in [0.2, 0.25) is 0 Å². The van der Waals surface area contributed by atoms with Crippen LogP contribution < -0.4 is 16.0 Å². The molecule has 2 aromatic rings. The third-order valence-corrected chi connectivity index (χ3v) is 10.5. The van der Waals surface area contributed by atoms with Gasteiger partial charge < -0.3 is 15.5 Å². The fourth-order valence-corrected chi connectivity index (χ4v) is 7.63. The number of hydrogen-bond acceptors (Lipinski definition) is 7. The van der Waals surface area contributed by atoms with E-state index in [1.807, 2.05) is 32.0 Å². The average molecular weight is 622 g/mol. The first kappa shape index (κ1) is 31.4. The highest BCUT2D eigenvalue weighted by molar-refractivity contribution is 7.20. The number of ketones is 1. The van der Waals surface area contributed by atoms with Gasteiger partial charge in [0.2, 0.25) is 23.5 Å². The molecule has 2 aliphatic heterocycles. The first-order valence-electron chi connectivity index (χ1n) is 14.7. The van der Waals surface area contributed by atoms with Gasteiger partial charge in [-0.25, -0.2) is 4.98 Å². The van der Waals surface area contributed by atoms with Gasteiger partial charge in [0.05, 0.1) is 22.3 Å². The molecule has 3 amide bonds. The maximum absolute atomic E-state index is 14.1. The van der Waals surface area contributed by atoms with Crippen molar-refractivity contribution in [3.8, 4) is 0 Å². The molecule has 3 unspecified atom stereocenters. The number of rotatable bonds is 10. The summed E-state index contributed by atoms with van der Waals surface area (Å²) in [5.41, 5.74) is 0.395. The van der Waals surface area contributed by atoms with E-state index < -0.39 is 59.8 Å². The maximum Gasteiger partial charge on any atom is 0.403 e. The van der Waals surface area contributed by atoms with E-state index in [0.29, 0.717) is 18.5 Å². The Morgan fingerprint density at radius 2 is 1.88 bits per heavy atom. The molecule has 0 bridgehead atoms. The molecule has 234 valence electrons. The Labute approximate surface area is 252 Å². The van der Waals surface area contributed by atoms with Crippen LogP contribution in [0.15, 0.2) is 24.3 Å². The average Bonchev–Trinajstić information content (AvgIpc) is 3.45. The lowest BCUT2D eigenvalue weighted by Gasteiger charge is -2.36. The number of aromatic nitrogens is 1. The third kappa shape index (κ3) is 6.02. The molecule has 1 saturated carbocycles. The minimum absolute atomic E-state index is 0.000856. The van der Waals surface area contributed by atoms with E-state index in [4.69, 9.17) is 0 Å². The number of Topliss-reactive ketones (excluding diaryl/α,β-unsaturated/α-hetero) is 1. The number of carbonyl (C=O) groups excluding carboxylic acids is 4. The number of para-hydroxylation sites is 1. The predicted octanol–water partition coefficient (Wildman–Crippen LogP) is 3.54. The zero-order chi connectivity index (χ0) is 31.4. The number of halogens is 3. The van der Waals surface area contributed by atoms with Gasteiger partial charge in [-0.1, -0.05) is 39.8 Å². The van der Waals surface area contributed by atoms with E-state index in [1.165, 1.54) is 16.2 Å². The minimum atomic E-state index is -4.54. The molecule has 3 aliphatic rings. The first-order valence-corrected chi connectivity index (χ1v) is 15.5. The highest BCUT2D eigenvalue weighted by atomic mass is 32.1. The van der Waals surface area contributed by atoms with E-state index in [9.17, 15) is 32.3 Å². The van der Waals surface area contributed by atoms with Crippen molar-refractivity contribution in [1.29, 1.82) is 0 Å². The summed E-state index contributed by atoms with van der Waals surface area (Å²) < 4.78 is 41.0. The van der Waals surface area contributed by atoms with Crippen LogP contribution in [0.25, 0.3) is 10.2 Å². The number of alkyl halides is 3. The summed E-state index contributed by atoms with van der Waals surface area (Å²) in [7, 11) is 0. The number of nitrogens with zero attached hydrogens (tertiary/aromatic N) is 2. The van der Waals surface area contributed by atoms with Gasteiger partial charge in [0.25, 0.3) is 0 Å². The third-order valence-electron chi connectivity index (χ3n) is 9.43. The number of nitrogens with one attached hydrogen (secondary N) is 3. The Morgan fingerprint density at radius 1 is 1.19 bits per heavy atom. The molecule has 3 fully saturated rings. The predicted molar refractivity (Wildman–Crippen MR) is 155 cm³/mol. The van der Waals surface area contributed by atoms with Crippen LogP contribution in [0.1, 0.15) is 57.3 Å². The highest BCUT2D eigenvalue weighted by Crippen LogP contribution is 2.65. The second-order valence-corrected chi connectivity index (χ2v) is 14.0. The number of piperidine rings is 1. The van der Waals surface area contributed by atoms with Crippen molar-refractivity contribution in [3.63, 3.8) is 0 Å². The number of carbonyl (C=O) groups is 4. The molecule has 0 radical (unpaired) electrons. The van der Waals surface area contributed by atoms with Crippen LogP contribution in [0.5, 0.6) is 0 Å². The molecule has 2 saturated heterocycles. The second kappa shape index (κ2) is 11.5. The molecule has 1 aliphatic carbocycles. The minimum Gasteiger partial charge on any atom is -0.356 e. The summed E-state index contributed by atoms with van der Waals surface area (Å²) in [5, 5.41) is 8.27. The summed E-state index contributed by atoms with van der Waals surface area (Å²) in [6.07, 6.45) is -3.95. The van der Waals surface area contributed by atoms with E-state index in [0.717, 1.165) is 11.6 Å². The summed E-state index contributed by atoms with van der Waals surface area (Å²) in [6.45, 7) is 9.00. The van der Waals surface area contributed by atoms with Crippen molar-refractivity contribution >= 4 is 45.1 Å². The molecular formula is C30H38F3N5O4S. The quantitative estimate of drug-likeness (QED) is 0.349. The molecule has 43 heavy (non-hydrogen) atoms.